The number of carbonyl (C=O) groups excluding carboxylic acids is 1. The molecule has 0 saturated carbocycles. The number of rotatable bonds is 4. The number of likely N-dealkylation sites (N-methyl/N-ethyl adjacent to an activating group) is 1. The lowest BCUT2D eigenvalue weighted by Crippen LogP contribution is -2.44. The van der Waals surface area contributed by atoms with Gasteiger partial charge in [-0.3, -0.25) is 14.8 Å². The van der Waals surface area contributed by atoms with E-state index in [-0.39, 0.29) is 18.7 Å². The summed E-state index contributed by atoms with van der Waals surface area (Å²) >= 11 is 0. The van der Waals surface area contributed by atoms with E-state index >= 15 is 0 Å². The summed E-state index contributed by atoms with van der Waals surface area (Å²) in [5.74, 6) is 2.03. The maximum Gasteiger partial charge on any atom is 0.244 e. The Morgan fingerprint density at radius 3 is 2.67 bits per heavy atom. The SMILES string of the molecule is Cc1cn[nH]c1C1CCN(C(=O)C(c2ccc3c(c2)OCO3)N(C)C)CC1. The Kier molecular flexibility index (Phi) is 4.78. The lowest BCUT2D eigenvalue weighted by atomic mass is 9.91. The topological polar surface area (TPSA) is 70.7 Å². The molecule has 4 rings (SSSR count). The van der Waals surface area contributed by atoms with Crippen LogP contribution in [0.15, 0.2) is 24.4 Å². The second kappa shape index (κ2) is 7.23. The van der Waals surface area contributed by atoms with E-state index in [0.29, 0.717) is 11.7 Å². The quantitative estimate of drug-likeness (QED) is 0.895. The molecule has 1 unspecified atom stereocenters. The van der Waals surface area contributed by atoms with Gasteiger partial charge in [-0.1, -0.05) is 6.07 Å². The highest BCUT2D eigenvalue weighted by atomic mass is 16.7. The molecule has 0 spiro atoms. The summed E-state index contributed by atoms with van der Waals surface area (Å²) in [5, 5.41) is 7.26. The molecule has 0 aliphatic carbocycles. The third kappa shape index (κ3) is 3.39. The number of H-pyrrole nitrogens is 1. The number of benzene rings is 1. The van der Waals surface area contributed by atoms with Gasteiger partial charge >= 0.3 is 0 Å². The number of carbonyl (C=O) groups is 1. The highest BCUT2D eigenvalue weighted by Gasteiger charge is 2.32. The number of hydrogen-bond acceptors (Lipinski definition) is 5. The molecule has 1 aromatic carbocycles. The number of likely N-dealkylation sites (tertiary alicyclic amines) is 1. The standard InChI is InChI=1S/C20H26N4O3/c1-13-11-21-22-18(13)14-6-8-24(9-7-14)20(25)19(23(2)3)15-4-5-16-17(10-15)27-12-26-16/h4-5,10-11,14,19H,6-9,12H2,1-3H3,(H,21,22). The maximum absolute atomic E-state index is 13.3. The van der Waals surface area contributed by atoms with Crippen molar-refractivity contribution in [1.29, 1.82) is 0 Å². The molecule has 1 atom stereocenters. The Balaban J connectivity index is 1.48. The molecular weight excluding hydrogens is 344 g/mol. The van der Waals surface area contributed by atoms with Gasteiger partial charge in [-0.2, -0.15) is 5.10 Å². The number of aromatic amines is 1. The van der Waals surface area contributed by atoms with Crippen LogP contribution in [0.5, 0.6) is 11.5 Å². The molecule has 1 saturated heterocycles. The average molecular weight is 370 g/mol. The van der Waals surface area contributed by atoms with Crippen LogP contribution in [-0.2, 0) is 4.79 Å². The Morgan fingerprint density at radius 1 is 1.26 bits per heavy atom. The Morgan fingerprint density at radius 2 is 2.00 bits per heavy atom. The molecule has 1 fully saturated rings. The van der Waals surface area contributed by atoms with E-state index in [0.717, 1.165) is 37.2 Å². The van der Waals surface area contributed by atoms with E-state index in [1.165, 1.54) is 11.3 Å². The van der Waals surface area contributed by atoms with E-state index < -0.39 is 0 Å². The van der Waals surface area contributed by atoms with Crippen molar-refractivity contribution in [2.75, 3.05) is 34.0 Å². The second-order valence-electron chi connectivity index (χ2n) is 7.55. The van der Waals surface area contributed by atoms with E-state index in [4.69, 9.17) is 9.47 Å². The highest BCUT2D eigenvalue weighted by Crippen LogP contribution is 2.36. The number of fused-ring (bicyclic) bond motifs is 1. The molecule has 144 valence electrons. The lowest BCUT2D eigenvalue weighted by Gasteiger charge is -2.36. The number of aromatic nitrogens is 2. The third-order valence-corrected chi connectivity index (χ3v) is 5.55. The second-order valence-corrected chi connectivity index (χ2v) is 7.55. The van der Waals surface area contributed by atoms with Gasteiger partial charge in [0.25, 0.3) is 0 Å². The summed E-state index contributed by atoms with van der Waals surface area (Å²) in [6.45, 7) is 3.84. The Bertz CT molecular complexity index is 824. The first kappa shape index (κ1) is 17.9. The van der Waals surface area contributed by atoms with Crippen LogP contribution in [0.4, 0.5) is 0 Å². The van der Waals surface area contributed by atoms with Crippen molar-refractivity contribution in [2.45, 2.75) is 31.7 Å². The van der Waals surface area contributed by atoms with Crippen LogP contribution in [0.1, 0.15) is 41.6 Å². The van der Waals surface area contributed by atoms with Gasteiger partial charge in [0.2, 0.25) is 12.7 Å². The molecule has 27 heavy (non-hydrogen) atoms. The van der Waals surface area contributed by atoms with Crippen LogP contribution in [-0.4, -0.2) is 59.9 Å². The summed E-state index contributed by atoms with van der Waals surface area (Å²) < 4.78 is 10.9. The van der Waals surface area contributed by atoms with Crippen LogP contribution in [0.3, 0.4) is 0 Å². The summed E-state index contributed by atoms with van der Waals surface area (Å²) in [6.07, 6.45) is 3.78. The van der Waals surface area contributed by atoms with Crippen LogP contribution in [0.2, 0.25) is 0 Å². The minimum atomic E-state index is -0.329. The number of hydrogen-bond donors (Lipinski definition) is 1. The van der Waals surface area contributed by atoms with Crippen molar-refractivity contribution in [1.82, 2.24) is 20.0 Å². The minimum absolute atomic E-state index is 0.138. The molecule has 3 heterocycles. The molecule has 0 radical (unpaired) electrons. The van der Waals surface area contributed by atoms with Crippen molar-refractivity contribution in [3.8, 4) is 11.5 Å². The number of nitrogens with one attached hydrogen (secondary N) is 1. The minimum Gasteiger partial charge on any atom is -0.454 e. The van der Waals surface area contributed by atoms with Crippen molar-refractivity contribution in [2.24, 2.45) is 0 Å². The molecular formula is C20H26N4O3. The van der Waals surface area contributed by atoms with Crippen molar-refractivity contribution in [3.05, 3.63) is 41.2 Å². The van der Waals surface area contributed by atoms with Gasteiger partial charge in [0.05, 0.1) is 6.20 Å². The van der Waals surface area contributed by atoms with Gasteiger partial charge in [-0.05, 0) is 57.1 Å². The summed E-state index contributed by atoms with van der Waals surface area (Å²) in [7, 11) is 3.88. The van der Waals surface area contributed by atoms with Crippen molar-refractivity contribution < 1.29 is 14.3 Å². The van der Waals surface area contributed by atoms with E-state index in [2.05, 4.69) is 17.1 Å². The first-order valence-corrected chi connectivity index (χ1v) is 9.39. The van der Waals surface area contributed by atoms with E-state index in [1.807, 2.05) is 48.3 Å². The van der Waals surface area contributed by atoms with Gasteiger partial charge in [-0.15, -0.1) is 0 Å². The lowest BCUT2D eigenvalue weighted by molar-refractivity contribution is -0.137. The fraction of sp³-hybridized carbons (Fsp3) is 0.500. The average Bonchev–Trinajstić information content (AvgIpc) is 3.30. The molecule has 1 N–H and O–H groups in total. The summed E-state index contributed by atoms with van der Waals surface area (Å²) in [4.78, 5) is 17.2. The number of nitrogens with zero attached hydrogens (tertiary/aromatic N) is 3. The molecule has 7 heteroatoms. The maximum atomic E-state index is 13.3. The summed E-state index contributed by atoms with van der Waals surface area (Å²) in [5.41, 5.74) is 3.34. The smallest absolute Gasteiger partial charge is 0.244 e. The molecule has 2 aliphatic rings. The third-order valence-electron chi connectivity index (χ3n) is 5.55. The zero-order valence-electron chi connectivity index (χ0n) is 16.1. The molecule has 1 amide bonds. The number of amides is 1. The molecule has 1 aromatic heterocycles. The normalized spacial score (nSPS) is 18.1. The van der Waals surface area contributed by atoms with Crippen LogP contribution in [0, 0.1) is 6.92 Å². The molecule has 2 aliphatic heterocycles. The van der Waals surface area contributed by atoms with Crippen LogP contribution < -0.4 is 9.47 Å². The Labute approximate surface area is 159 Å². The first-order valence-electron chi connectivity index (χ1n) is 9.39. The highest BCUT2D eigenvalue weighted by molar-refractivity contribution is 5.83. The zero-order valence-corrected chi connectivity index (χ0v) is 16.1. The van der Waals surface area contributed by atoms with Crippen LogP contribution in [0.25, 0.3) is 0 Å². The fourth-order valence-electron chi connectivity index (χ4n) is 4.08. The van der Waals surface area contributed by atoms with Gasteiger partial charge in [-0.25, -0.2) is 0 Å². The predicted molar refractivity (Wildman–Crippen MR) is 101 cm³/mol. The van der Waals surface area contributed by atoms with Gasteiger partial charge in [0.15, 0.2) is 11.5 Å². The van der Waals surface area contributed by atoms with E-state index in [1.54, 1.807) is 0 Å². The summed E-state index contributed by atoms with van der Waals surface area (Å²) in [6, 6.07) is 5.43. The van der Waals surface area contributed by atoms with Gasteiger partial charge in [0.1, 0.15) is 6.04 Å². The zero-order chi connectivity index (χ0) is 19.0. The van der Waals surface area contributed by atoms with Crippen molar-refractivity contribution >= 4 is 5.91 Å². The monoisotopic (exact) mass is 370 g/mol. The Hall–Kier alpha value is -2.54. The van der Waals surface area contributed by atoms with Gasteiger partial charge < -0.3 is 14.4 Å². The molecule has 7 nitrogen and oxygen atoms in total. The van der Waals surface area contributed by atoms with E-state index in [9.17, 15) is 4.79 Å². The van der Waals surface area contributed by atoms with Crippen LogP contribution >= 0.6 is 0 Å². The molecule has 2 aromatic rings. The largest absolute Gasteiger partial charge is 0.454 e. The number of aryl methyl sites for hydroxylation is 1. The number of piperidine rings is 1. The molecule has 0 bridgehead atoms. The predicted octanol–water partition coefficient (Wildman–Crippen LogP) is 2.46. The fourth-order valence-corrected chi connectivity index (χ4v) is 4.08. The number of ether oxygens (including phenoxy) is 2. The van der Waals surface area contributed by atoms with Gasteiger partial charge in [0, 0.05) is 24.7 Å². The first-order chi connectivity index (χ1) is 13.0. The van der Waals surface area contributed by atoms with Crippen molar-refractivity contribution in [3.63, 3.8) is 0 Å².